The highest BCUT2D eigenvalue weighted by molar-refractivity contribution is 7.89. The molecule has 1 aromatic carbocycles. The highest BCUT2D eigenvalue weighted by Crippen LogP contribution is 2.22. The summed E-state index contributed by atoms with van der Waals surface area (Å²) in [6, 6.07) is 4.59. The van der Waals surface area contributed by atoms with E-state index in [-0.39, 0.29) is 29.8 Å². The molecule has 7 nitrogen and oxygen atoms in total. The number of hydrogen-bond acceptors (Lipinski definition) is 4. The molecule has 0 spiro atoms. The van der Waals surface area contributed by atoms with Gasteiger partial charge in [0.1, 0.15) is 0 Å². The van der Waals surface area contributed by atoms with Crippen LogP contribution >= 0.6 is 0 Å². The van der Waals surface area contributed by atoms with Gasteiger partial charge in [-0.3, -0.25) is 9.59 Å². The number of piperazine rings is 1. The second-order valence-corrected chi connectivity index (χ2v) is 7.42. The fourth-order valence-corrected chi connectivity index (χ4v) is 4.05. The number of fused-ring (bicyclic) bond motifs is 1. The summed E-state index contributed by atoms with van der Waals surface area (Å²) in [5.41, 5.74) is 1.24. The quantitative estimate of drug-likeness (QED) is 0.790. The molecule has 2 aliphatic rings. The lowest BCUT2D eigenvalue weighted by molar-refractivity contribution is -0.132. The number of sulfonamides is 1. The number of likely N-dealkylation sites (N-methyl/N-ethyl adjacent to an activating group) is 1. The first-order valence-electron chi connectivity index (χ1n) is 7.05. The van der Waals surface area contributed by atoms with Gasteiger partial charge >= 0.3 is 0 Å². The fourth-order valence-electron chi connectivity index (χ4n) is 2.64. The number of nitrogens with zero attached hydrogens (tertiary/aromatic N) is 2. The molecule has 2 heterocycles. The summed E-state index contributed by atoms with van der Waals surface area (Å²) in [6.45, 7) is 1.02. The van der Waals surface area contributed by atoms with Crippen LogP contribution in [0, 0.1) is 0 Å². The first kappa shape index (κ1) is 15.0. The molecule has 0 atom stereocenters. The number of hydrogen-bond donors (Lipinski definition) is 1. The van der Waals surface area contributed by atoms with Crippen LogP contribution in [0.1, 0.15) is 15.9 Å². The van der Waals surface area contributed by atoms with E-state index < -0.39 is 10.0 Å². The summed E-state index contributed by atoms with van der Waals surface area (Å²) >= 11 is 0. The number of amides is 2. The number of benzene rings is 1. The monoisotopic (exact) mass is 323 g/mol. The Hall–Kier alpha value is -1.93. The number of nitrogens with one attached hydrogen (secondary N) is 1. The first-order valence-corrected chi connectivity index (χ1v) is 8.49. The van der Waals surface area contributed by atoms with E-state index in [1.165, 1.54) is 17.0 Å². The van der Waals surface area contributed by atoms with Crippen LogP contribution < -0.4 is 5.32 Å². The van der Waals surface area contributed by atoms with E-state index in [4.69, 9.17) is 0 Å². The maximum Gasteiger partial charge on any atom is 0.251 e. The molecule has 118 valence electrons. The van der Waals surface area contributed by atoms with Crippen molar-refractivity contribution in [3.63, 3.8) is 0 Å². The standard InChI is InChI=1S/C14H17N3O4S/c1-16-6-7-17(9-13(16)18)22(20,21)11-3-2-10-4-5-15-14(19)12(10)8-11/h2-3,8H,4-7,9H2,1H3,(H,15,19). The Morgan fingerprint density at radius 3 is 2.68 bits per heavy atom. The van der Waals surface area contributed by atoms with Crippen molar-refractivity contribution >= 4 is 21.8 Å². The van der Waals surface area contributed by atoms with Gasteiger partial charge in [0.2, 0.25) is 15.9 Å². The Balaban J connectivity index is 1.94. The lowest BCUT2D eigenvalue weighted by atomic mass is 10.0. The summed E-state index contributed by atoms with van der Waals surface area (Å²) in [7, 11) is -2.12. The van der Waals surface area contributed by atoms with Gasteiger partial charge in [0, 0.05) is 32.2 Å². The van der Waals surface area contributed by atoms with Gasteiger partial charge in [-0.25, -0.2) is 8.42 Å². The predicted octanol–water partition coefficient (Wildman–Crippen LogP) is -0.565. The average Bonchev–Trinajstić information content (AvgIpc) is 2.50. The minimum Gasteiger partial charge on any atom is -0.352 e. The van der Waals surface area contributed by atoms with Crippen LogP contribution in [0.4, 0.5) is 0 Å². The molecular formula is C14H17N3O4S. The van der Waals surface area contributed by atoms with Gasteiger partial charge in [0.15, 0.2) is 0 Å². The van der Waals surface area contributed by atoms with Crippen molar-refractivity contribution in [2.75, 3.05) is 33.2 Å². The van der Waals surface area contributed by atoms with Crippen molar-refractivity contribution in [2.24, 2.45) is 0 Å². The van der Waals surface area contributed by atoms with E-state index in [1.54, 1.807) is 13.1 Å². The summed E-state index contributed by atoms with van der Waals surface area (Å²) in [5, 5.41) is 2.70. The lowest BCUT2D eigenvalue weighted by Crippen LogP contribution is -2.50. The topological polar surface area (TPSA) is 86.8 Å². The average molecular weight is 323 g/mol. The second-order valence-electron chi connectivity index (χ2n) is 5.48. The molecule has 0 bridgehead atoms. The van der Waals surface area contributed by atoms with Crippen molar-refractivity contribution < 1.29 is 18.0 Å². The third-order valence-corrected chi connectivity index (χ3v) is 5.91. The van der Waals surface area contributed by atoms with Gasteiger partial charge in [-0.1, -0.05) is 6.07 Å². The number of carbonyl (C=O) groups excluding carboxylic acids is 2. The maximum atomic E-state index is 12.7. The highest BCUT2D eigenvalue weighted by atomic mass is 32.2. The Morgan fingerprint density at radius 1 is 1.18 bits per heavy atom. The molecule has 0 radical (unpaired) electrons. The smallest absolute Gasteiger partial charge is 0.251 e. The van der Waals surface area contributed by atoms with Crippen LogP contribution in [0.3, 0.4) is 0 Å². The molecule has 1 saturated heterocycles. The van der Waals surface area contributed by atoms with E-state index in [9.17, 15) is 18.0 Å². The summed E-state index contributed by atoms with van der Waals surface area (Å²) in [5.74, 6) is -0.488. The fraction of sp³-hybridized carbons (Fsp3) is 0.429. The first-order chi connectivity index (χ1) is 10.4. The van der Waals surface area contributed by atoms with Gasteiger partial charge in [-0.15, -0.1) is 0 Å². The molecule has 1 aromatic rings. The highest BCUT2D eigenvalue weighted by Gasteiger charge is 2.32. The van der Waals surface area contributed by atoms with Crippen LogP contribution in [-0.2, 0) is 21.2 Å². The molecule has 8 heteroatoms. The van der Waals surface area contributed by atoms with Crippen LogP contribution in [0.25, 0.3) is 0 Å². The molecule has 22 heavy (non-hydrogen) atoms. The normalized spacial score (nSPS) is 19.8. The molecule has 2 amide bonds. The van der Waals surface area contributed by atoms with Crippen molar-refractivity contribution in [1.82, 2.24) is 14.5 Å². The zero-order valence-electron chi connectivity index (χ0n) is 12.2. The molecule has 1 fully saturated rings. The van der Waals surface area contributed by atoms with Crippen molar-refractivity contribution in [2.45, 2.75) is 11.3 Å². The Bertz CT molecular complexity index is 744. The minimum absolute atomic E-state index is 0.0562. The third kappa shape index (κ3) is 2.48. The predicted molar refractivity (Wildman–Crippen MR) is 78.9 cm³/mol. The molecule has 3 rings (SSSR count). The summed E-state index contributed by atoms with van der Waals surface area (Å²) in [6.07, 6.45) is 0.689. The summed E-state index contributed by atoms with van der Waals surface area (Å²) < 4.78 is 26.5. The van der Waals surface area contributed by atoms with Crippen molar-refractivity contribution in [1.29, 1.82) is 0 Å². The Labute approximate surface area is 128 Å². The van der Waals surface area contributed by atoms with Crippen LogP contribution in [0.2, 0.25) is 0 Å². The molecule has 0 unspecified atom stereocenters. The maximum absolute atomic E-state index is 12.7. The molecule has 1 N–H and O–H groups in total. The van der Waals surface area contributed by atoms with E-state index in [0.29, 0.717) is 25.1 Å². The molecule has 0 aromatic heterocycles. The zero-order valence-corrected chi connectivity index (χ0v) is 13.0. The van der Waals surface area contributed by atoms with Gasteiger partial charge in [-0.2, -0.15) is 4.31 Å². The number of rotatable bonds is 2. The van der Waals surface area contributed by atoms with Gasteiger partial charge in [-0.05, 0) is 24.1 Å². The lowest BCUT2D eigenvalue weighted by Gasteiger charge is -2.31. The van der Waals surface area contributed by atoms with Gasteiger partial charge < -0.3 is 10.2 Å². The van der Waals surface area contributed by atoms with E-state index in [0.717, 1.165) is 9.87 Å². The third-order valence-electron chi connectivity index (χ3n) is 4.07. The van der Waals surface area contributed by atoms with E-state index >= 15 is 0 Å². The molecular weight excluding hydrogens is 306 g/mol. The number of carbonyl (C=O) groups is 2. The van der Waals surface area contributed by atoms with E-state index in [2.05, 4.69) is 5.32 Å². The van der Waals surface area contributed by atoms with Crippen LogP contribution in [0.5, 0.6) is 0 Å². The van der Waals surface area contributed by atoms with Crippen LogP contribution in [-0.4, -0.2) is 62.7 Å². The second kappa shape index (κ2) is 5.36. The Kier molecular flexibility index (Phi) is 3.65. The van der Waals surface area contributed by atoms with Crippen LogP contribution in [0.15, 0.2) is 23.1 Å². The summed E-state index contributed by atoms with van der Waals surface area (Å²) in [4.78, 5) is 25.1. The van der Waals surface area contributed by atoms with Crippen molar-refractivity contribution in [3.05, 3.63) is 29.3 Å². The molecule has 0 aliphatic carbocycles. The zero-order chi connectivity index (χ0) is 15.9. The minimum atomic E-state index is -3.77. The van der Waals surface area contributed by atoms with Gasteiger partial charge in [0.05, 0.1) is 11.4 Å². The Morgan fingerprint density at radius 2 is 1.95 bits per heavy atom. The van der Waals surface area contributed by atoms with Gasteiger partial charge in [0.25, 0.3) is 5.91 Å². The van der Waals surface area contributed by atoms with Crippen molar-refractivity contribution in [3.8, 4) is 0 Å². The molecule has 0 saturated carbocycles. The largest absolute Gasteiger partial charge is 0.352 e. The SMILES string of the molecule is CN1CCN(S(=O)(=O)c2ccc3c(c2)C(=O)NCC3)CC1=O. The van der Waals surface area contributed by atoms with E-state index in [1.807, 2.05) is 0 Å². The molecule has 2 aliphatic heterocycles.